The van der Waals surface area contributed by atoms with Gasteiger partial charge in [-0.3, -0.25) is 4.79 Å². The second-order valence-corrected chi connectivity index (χ2v) is 8.97. The molecule has 192 valence electrons. The van der Waals surface area contributed by atoms with Gasteiger partial charge in [0.05, 0.1) is 5.56 Å². The summed E-state index contributed by atoms with van der Waals surface area (Å²) in [5, 5.41) is 10.7. The van der Waals surface area contributed by atoms with Crippen LogP contribution >= 0.6 is 0 Å². The summed E-state index contributed by atoms with van der Waals surface area (Å²) >= 11 is 0. The summed E-state index contributed by atoms with van der Waals surface area (Å²) in [6.45, 7) is 3.85. The Morgan fingerprint density at radius 3 is 2.46 bits per heavy atom. The van der Waals surface area contributed by atoms with Gasteiger partial charge in [0.2, 0.25) is 0 Å². The Morgan fingerprint density at radius 1 is 1.11 bits per heavy atom. The third kappa shape index (κ3) is 7.15. The van der Waals surface area contributed by atoms with Crippen molar-refractivity contribution in [2.75, 3.05) is 25.1 Å². The van der Waals surface area contributed by atoms with Gasteiger partial charge in [-0.15, -0.1) is 0 Å². The first-order chi connectivity index (χ1) is 17.3. The fraction of sp³-hybridized carbons (Fsp3) is 0.259. The molecule has 0 atom stereocenters. The van der Waals surface area contributed by atoms with Gasteiger partial charge in [0.1, 0.15) is 11.6 Å². The summed E-state index contributed by atoms with van der Waals surface area (Å²) in [5.41, 5.74) is 6.91. The van der Waals surface area contributed by atoms with E-state index >= 15 is 0 Å². The van der Waals surface area contributed by atoms with Gasteiger partial charge in [-0.2, -0.15) is 13.2 Å². The highest BCUT2D eigenvalue weighted by atomic mass is 19.4. The molecule has 0 aliphatic rings. The number of benzene rings is 1. The minimum atomic E-state index is -4.60. The maximum atomic E-state index is 13.6. The Labute approximate surface area is 213 Å². The Bertz CT molecular complexity index is 1390. The maximum Gasteiger partial charge on any atom is 0.416 e. The number of carbonyl (C=O) groups excluding carboxylic acids is 1. The molecule has 2 heterocycles. The molecule has 37 heavy (non-hydrogen) atoms. The van der Waals surface area contributed by atoms with Crippen molar-refractivity contribution in [1.82, 2.24) is 14.9 Å². The van der Waals surface area contributed by atoms with Crippen LogP contribution in [0.3, 0.4) is 0 Å². The monoisotopic (exact) mass is 508 g/mol. The molecule has 1 aromatic carbocycles. The highest BCUT2D eigenvalue weighted by molar-refractivity contribution is 6.04. The van der Waals surface area contributed by atoms with E-state index in [0.29, 0.717) is 22.4 Å². The van der Waals surface area contributed by atoms with Crippen molar-refractivity contribution in [1.29, 1.82) is 5.41 Å². The van der Waals surface area contributed by atoms with E-state index in [1.807, 2.05) is 13.8 Å². The number of carbonyl (C=O) groups is 1. The minimum Gasteiger partial charge on any atom is -0.383 e. The molecule has 0 saturated carbocycles. The van der Waals surface area contributed by atoms with Crippen LogP contribution in [0.4, 0.5) is 24.8 Å². The van der Waals surface area contributed by atoms with E-state index in [4.69, 9.17) is 11.1 Å². The molecule has 7 nitrogen and oxygen atoms in total. The first kappa shape index (κ1) is 27.4. The van der Waals surface area contributed by atoms with Crippen LogP contribution in [0.1, 0.15) is 52.0 Å². The largest absolute Gasteiger partial charge is 0.416 e. The predicted molar refractivity (Wildman–Crippen MR) is 137 cm³/mol. The van der Waals surface area contributed by atoms with Gasteiger partial charge in [0.15, 0.2) is 0 Å². The molecule has 0 fully saturated rings. The standard InChI is InChI=1S/C27H27F3N6O/c1-16(2)24(31)21-11-18(14-34-25(21)32)6-5-17-9-10-33-23(12-17)35-26(37)19-7-8-20(15-36(3)4)22(13-19)27(28,29)30/h7-14,16,31H,15H2,1-4H3,(H2,32,34)(H,33,35,37). The zero-order chi connectivity index (χ0) is 27.3. The van der Waals surface area contributed by atoms with Crippen molar-refractivity contribution in [2.45, 2.75) is 26.6 Å². The second kappa shape index (κ2) is 11.2. The fourth-order valence-electron chi connectivity index (χ4n) is 3.44. The van der Waals surface area contributed by atoms with Crippen LogP contribution < -0.4 is 11.1 Å². The van der Waals surface area contributed by atoms with Gasteiger partial charge in [0.25, 0.3) is 5.91 Å². The molecule has 1 amide bonds. The number of nitrogens with two attached hydrogens (primary N) is 1. The fourth-order valence-corrected chi connectivity index (χ4v) is 3.44. The van der Waals surface area contributed by atoms with Crippen molar-refractivity contribution in [2.24, 2.45) is 5.92 Å². The number of amides is 1. The van der Waals surface area contributed by atoms with Crippen molar-refractivity contribution in [3.8, 4) is 11.8 Å². The summed E-state index contributed by atoms with van der Waals surface area (Å²) < 4.78 is 40.7. The maximum absolute atomic E-state index is 13.6. The molecule has 0 bridgehead atoms. The Balaban J connectivity index is 1.82. The Hall–Kier alpha value is -4.23. The molecule has 0 aliphatic heterocycles. The lowest BCUT2D eigenvalue weighted by atomic mass is 9.99. The molecular formula is C27H27F3N6O. The summed E-state index contributed by atoms with van der Waals surface area (Å²) in [7, 11) is 3.34. The lowest BCUT2D eigenvalue weighted by Crippen LogP contribution is -2.19. The Morgan fingerprint density at radius 2 is 1.81 bits per heavy atom. The van der Waals surface area contributed by atoms with Gasteiger partial charge >= 0.3 is 6.18 Å². The van der Waals surface area contributed by atoms with Gasteiger partial charge < -0.3 is 21.4 Å². The van der Waals surface area contributed by atoms with E-state index in [2.05, 4.69) is 27.1 Å². The first-order valence-corrected chi connectivity index (χ1v) is 11.3. The van der Waals surface area contributed by atoms with Crippen molar-refractivity contribution in [3.63, 3.8) is 0 Å². The number of nitrogens with zero attached hydrogens (tertiary/aromatic N) is 3. The van der Waals surface area contributed by atoms with Crippen LogP contribution in [0, 0.1) is 23.2 Å². The van der Waals surface area contributed by atoms with Crippen LogP contribution in [0.15, 0.2) is 48.8 Å². The predicted octanol–water partition coefficient (Wildman–Crippen LogP) is 4.82. The second-order valence-electron chi connectivity index (χ2n) is 8.97. The van der Waals surface area contributed by atoms with Crippen LogP contribution in [-0.2, 0) is 12.7 Å². The van der Waals surface area contributed by atoms with Crippen LogP contribution in [0.5, 0.6) is 0 Å². The normalized spacial score (nSPS) is 11.3. The van der Waals surface area contributed by atoms with E-state index < -0.39 is 17.6 Å². The molecule has 3 rings (SSSR count). The van der Waals surface area contributed by atoms with E-state index in [1.54, 1.807) is 31.1 Å². The van der Waals surface area contributed by atoms with E-state index in [0.717, 1.165) is 6.07 Å². The lowest BCUT2D eigenvalue weighted by molar-refractivity contribution is -0.138. The lowest BCUT2D eigenvalue weighted by Gasteiger charge is -2.17. The van der Waals surface area contributed by atoms with Crippen LogP contribution in [0.2, 0.25) is 0 Å². The van der Waals surface area contributed by atoms with Gasteiger partial charge in [-0.05, 0) is 55.9 Å². The number of aromatic nitrogens is 2. The molecule has 0 saturated heterocycles. The molecule has 10 heteroatoms. The number of nitrogen functional groups attached to an aromatic ring is 1. The number of halogens is 3. The zero-order valence-corrected chi connectivity index (χ0v) is 20.9. The molecule has 0 aliphatic carbocycles. The number of hydrogen-bond donors (Lipinski definition) is 3. The van der Waals surface area contributed by atoms with E-state index in [-0.39, 0.29) is 35.2 Å². The topological polar surface area (TPSA) is 108 Å². The number of rotatable bonds is 6. The number of pyridine rings is 2. The van der Waals surface area contributed by atoms with Crippen LogP contribution in [-0.4, -0.2) is 40.6 Å². The molecule has 4 N–H and O–H groups in total. The SMILES string of the molecule is CC(C)C(=N)c1cc(C#Cc2ccnc(NC(=O)c3ccc(CN(C)C)c(C(F)(F)F)c3)c2)cnc1N. The average Bonchev–Trinajstić information content (AvgIpc) is 2.82. The molecule has 0 spiro atoms. The quantitative estimate of drug-likeness (QED) is 0.327. The molecule has 3 aromatic rings. The molecule has 2 aromatic heterocycles. The smallest absolute Gasteiger partial charge is 0.383 e. The molecule has 0 unspecified atom stereocenters. The van der Waals surface area contributed by atoms with Crippen molar-refractivity contribution < 1.29 is 18.0 Å². The summed E-state index contributed by atoms with van der Waals surface area (Å²) in [6.07, 6.45) is -1.66. The number of hydrogen-bond acceptors (Lipinski definition) is 6. The molecule has 0 radical (unpaired) electrons. The molecular weight excluding hydrogens is 481 g/mol. The summed E-state index contributed by atoms with van der Waals surface area (Å²) in [6, 6.07) is 8.34. The van der Waals surface area contributed by atoms with Crippen LogP contribution in [0.25, 0.3) is 0 Å². The number of nitrogens with one attached hydrogen (secondary N) is 2. The first-order valence-electron chi connectivity index (χ1n) is 11.3. The van der Waals surface area contributed by atoms with Crippen molar-refractivity contribution >= 4 is 23.3 Å². The van der Waals surface area contributed by atoms with Gasteiger partial charge in [-0.1, -0.05) is 31.8 Å². The highest BCUT2D eigenvalue weighted by Gasteiger charge is 2.34. The highest BCUT2D eigenvalue weighted by Crippen LogP contribution is 2.33. The summed E-state index contributed by atoms with van der Waals surface area (Å²) in [5.74, 6) is 5.52. The van der Waals surface area contributed by atoms with Crippen molar-refractivity contribution in [3.05, 3.63) is 82.2 Å². The van der Waals surface area contributed by atoms with E-state index in [1.165, 1.54) is 30.6 Å². The summed E-state index contributed by atoms with van der Waals surface area (Å²) in [4.78, 5) is 22.5. The zero-order valence-electron chi connectivity index (χ0n) is 20.9. The minimum absolute atomic E-state index is 0.0323. The number of alkyl halides is 3. The number of anilines is 2. The third-order valence-electron chi connectivity index (χ3n) is 5.30. The third-order valence-corrected chi connectivity index (χ3v) is 5.30. The average molecular weight is 509 g/mol. The van der Waals surface area contributed by atoms with Gasteiger partial charge in [-0.25, -0.2) is 9.97 Å². The van der Waals surface area contributed by atoms with E-state index in [9.17, 15) is 18.0 Å². The van der Waals surface area contributed by atoms with Gasteiger partial charge in [0, 0.05) is 46.9 Å². The Kier molecular flexibility index (Phi) is 8.30.